The summed E-state index contributed by atoms with van der Waals surface area (Å²) in [5.74, 6) is -0.944. The van der Waals surface area contributed by atoms with E-state index in [9.17, 15) is 8.78 Å². The zero-order valence-electron chi connectivity index (χ0n) is 12.2. The molecule has 0 aliphatic carbocycles. The van der Waals surface area contributed by atoms with Gasteiger partial charge < -0.3 is 10.2 Å². The second-order valence-corrected chi connectivity index (χ2v) is 5.22. The Labute approximate surface area is 114 Å². The normalized spacial score (nSPS) is 14.7. The first-order chi connectivity index (χ1) is 8.99. The Kier molecular flexibility index (Phi) is 6.38. The molecule has 1 N–H and O–H groups in total. The zero-order valence-corrected chi connectivity index (χ0v) is 12.2. The van der Waals surface area contributed by atoms with Gasteiger partial charge in [0, 0.05) is 24.7 Å². The molecule has 0 fully saturated rings. The molecule has 0 saturated carbocycles. The number of hydrogen-bond acceptors (Lipinski definition) is 2. The van der Waals surface area contributed by atoms with Gasteiger partial charge in [0.25, 0.3) is 0 Å². The Balaban J connectivity index is 2.75. The highest BCUT2D eigenvalue weighted by Crippen LogP contribution is 2.20. The molecule has 0 amide bonds. The number of benzene rings is 1. The van der Waals surface area contributed by atoms with Crippen molar-refractivity contribution in [2.45, 2.75) is 26.3 Å². The Morgan fingerprint density at radius 3 is 2.53 bits per heavy atom. The second-order valence-electron chi connectivity index (χ2n) is 5.22. The van der Waals surface area contributed by atoms with Gasteiger partial charge in [-0.2, -0.15) is 0 Å². The van der Waals surface area contributed by atoms with Gasteiger partial charge in [0.2, 0.25) is 0 Å². The lowest BCUT2D eigenvalue weighted by Gasteiger charge is -2.26. The van der Waals surface area contributed by atoms with E-state index in [1.54, 1.807) is 19.2 Å². The predicted octanol–water partition coefficient (Wildman–Crippen LogP) is 3.20. The molecule has 0 aromatic heterocycles. The summed E-state index contributed by atoms with van der Waals surface area (Å²) in [5, 5.41) is 3.06. The molecule has 0 bridgehead atoms. The summed E-state index contributed by atoms with van der Waals surface area (Å²) in [6.45, 7) is 5.95. The smallest absolute Gasteiger partial charge is 0.163 e. The van der Waals surface area contributed by atoms with Gasteiger partial charge in [0.1, 0.15) is 0 Å². The maximum Gasteiger partial charge on any atom is 0.163 e. The average Bonchev–Trinajstić information content (AvgIpc) is 2.39. The van der Waals surface area contributed by atoms with Crippen LogP contribution in [-0.4, -0.2) is 32.1 Å². The minimum atomic E-state index is -0.790. The molecule has 4 heteroatoms. The van der Waals surface area contributed by atoms with Gasteiger partial charge in [-0.25, -0.2) is 8.78 Å². The average molecular weight is 270 g/mol. The first kappa shape index (κ1) is 16.1. The lowest BCUT2D eigenvalue weighted by atomic mass is 10.0. The van der Waals surface area contributed by atoms with Crippen molar-refractivity contribution in [1.29, 1.82) is 0 Å². The maximum absolute atomic E-state index is 13.8. The molecule has 2 nitrogen and oxygen atoms in total. The SMILES string of the molecule is CCC(C)CN(C)CC(NC)c1cccc(F)c1F. The third-order valence-corrected chi connectivity index (χ3v) is 3.52. The van der Waals surface area contributed by atoms with Crippen molar-refractivity contribution in [2.75, 3.05) is 27.2 Å². The molecule has 0 spiro atoms. The minimum absolute atomic E-state index is 0.204. The fourth-order valence-electron chi connectivity index (χ4n) is 2.18. The summed E-state index contributed by atoms with van der Waals surface area (Å²) in [6.07, 6.45) is 1.11. The van der Waals surface area contributed by atoms with E-state index >= 15 is 0 Å². The molecule has 0 radical (unpaired) electrons. The van der Waals surface area contributed by atoms with E-state index in [2.05, 4.69) is 24.1 Å². The van der Waals surface area contributed by atoms with Crippen molar-refractivity contribution in [3.63, 3.8) is 0 Å². The van der Waals surface area contributed by atoms with Crippen molar-refractivity contribution in [1.82, 2.24) is 10.2 Å². The molecule has 19 heavy (non-hydrogen) atoms. The Morgan fingerprint density at radius 2 is 1.95 bits per heavy atom. The molecule has 0 aliphatic heterocycles. The highest BCUT2D eigenvalue weighted by atomic mass is 19.2. The Bertz CT molecular complexity index is 396. The standard InChI is InChI=1S/C15H24F2N2/c1-5-11(2)9-19(4)10-14(18-3)12-7-6-8-13(16)15(12)17/h6-8,11,14,18H,5,9-10H2,1-4H3. The first-order valence-electron chi connectivity index (χ1n) is 6.79. The number of likely N-dealkylation sites (N-methyl/N-ethyl adjacent to an activating group) is 2. The number of nitrogens with one attached hydrogen (secondary N) is 1. The van der Waals surface area contributed by atoms with Gasteiger partial charge in [-0.1, -0.05) is 32.4 Å². The van der Waals surface area contributed by atoms with Crippen molar-refractivity contribution in [3.8, 4) is 0 Å². The van der Waals surface area contributed by atoms with Crippen LogP contribution in [0.25, 0.3) is 0 Å². The van der Waals surface area contributed by atoms with Gasteiger partial charge >= 0.3 is 0 Å². The van der Waals surface area contributed by atoms with Gasteiger partial charge in [-0.15, -0.1) is 0 Å². The molecule has 2 unspecified atom stereocenters. The van der Waals surface area contributed by atoms with Crippen LogP contribution in [0.3, 0.4) is 0 Å². The van der Waals surface area contributed by atoms with Crippen molar-refractivity contribution in [2.24, 2.45) is 5.92 Å². The van der Waals surface area contributed by atoms with E-state index in [1.165, 1.54) is 0 Å². The van der Waals surface area contributed by atoms with Crippen LogP contribution in [-0.2, 0) is 0 Å². The summed E-state index contributed by atoms with van der Waals surface area (Å²) >= 11 is 0. The Morgan fingerprint density at radius 1 is 1.26 bits per heavy atom. The quantitative estimate of drug-likeness (QED) is 0.818. The van der Waals surface area contributed by atoms with Crippen molar-refractivity contribution in [3.05, 3.63) is 35.4 Å². The van der Waals surface area contributed by atoms with Crippen LogP contribution >= 0.6 is 0 Å². The molecule has 1 aromatic rings. The lowest BCUT2D eigenvalue weighted by Crippen LogP contribution is -2.34. The fourth-order valence-corrected chi connectivity index (χ4v) is 2.18. The largest absolute Gasteiger partial charge is 0.312 e. The van der Waals surface area contributed by atoms with E-state index in [0.717, 1.165) is 19.0 Å². The van der Waals surface area contributed by atoms with Crippen LogP contribution in [0.5, 0.6) is 0 Å². The molecule has 0 heterocycles. The van der Waals surface area contributed by atoms with E-state index in [4.69, 9.17) is 0 Å². The van der Waals surface area contributed by atoms with E-state index in [0.29, 0.717) is 18.0 Å². The van der Waals surface area contributed by atoms with Crippen LogP contribution in [0, 0.1) is 17.6 Å². The highest BCUT2D eigenvalue weighted by Gasteiger charge is 2.18. The molecule has 1 aromatic carbocycles. The molecule has 1 rings (SSSR count). The topological polar surface area (TPSA) is 15.3 Å². The molecule has 0 aliphatic rings. The molecule has 0 saturated heterocycles. The molecular formula is C15H24F2N2. The fraction of sp³-hybridized carbons (Fsp3) is 0.600. The monoisotopic (exact) mass is 270 g/mol. The summed E-state index contributed by atoms with van der Waals surface area (Å²) in [4.78, 5) is 2.15. The van der Waals surface area contributed by atoms with E-state index < -0.39 is 11.6 Å². The maximum atomic E-state index is 13.8. The van der Waals surface area contributed by atoms with Gasteiger partial charge in [-0.3, -0.25) is 0 Å². The van der Waals surface area contributed by atoms with E-state index in [-0.39, 0.29) is 6.04 Å². The van der Waals surface area contributed by atoms with Crippen LogP contribution in [0.1, 0.15) is 31.9 Å². The van der Waals surface area contributed by atoms with Gasteiger partial charge in [0.15, 0.2) is 11.6 Å². The second kappa shape index (κ2) is 7.56. The summed E-state index contributed by atoms with van der Waals surface area (Å²) < 4.78 is 27.0. The van der Waals surface area contributed by atoms with Crippen LogP contribution in [0.4, 0.5) is 8.78 Å². The zero-order chi connectivity index (χ0) is 14.4. The number of nitrogens with zero attached hydrogens (tertiary/aromatic N) is 1. The predicted molar refractivity (Wildman–Crippen MR) is 75.1 cm³/mol. The Hall–Kier alpha value is -1.00. The number of rotatable bonds is 7. The number of halogens is 2. The molecule has 2 atom stereocenters. The molecule has 108 valence electrons. The van der Waals surface area contributed by atoms with Crippen molar-refractivity contribution >= 4 is 0 Å². The van der Waals surface area contributed by atoms with Crippen molar-refractivity contribution < 1.29 is 8.78 Å². The van der Waals surface area contributed by atoms with Gasteiger partial charge in [0.05, 0.1) is 0 Å². The van der Waals surface area contributed by atoms with Crippen LogP contribution in [0.15, 0.2) is 18.2 Å². The highest BCUT2D eigenvalue weighted by molar-refractivity contribution is 5.22. The first-order valence-corrected chi connectivity index (χ1v) is 6.79. The van der Waals surface area contributed by atoms with E-state index in [1.807, 2.05) is 7.05 Å². The number of hydrogen-bond donors (Lipinski definition) is 1. The van der Waals surface area contributed by atoms with Crippen LogP contribution < -0.4 is 5.32 Å². The summed E-state index contributed by atoms with van der Waals surface area (Å²) in [7, 11) is 3.78. The molecular weight excluding hydrogens is 246 g/mol. The minimum Gasteiger partial charge on any atom is -0.312 e. The van der Waals surface area contributed by atoms with Gasteiger partial charge in [-0.05, 0) is 26.1 Å². The lowest BCUT2D eigenvalue weighted by molar-refractivity contribution is 0.254. The van der Waals surface area contributed by atoms with Crippen LogP contribution in [0.2, 0.25) is 0 Å². The third kappa shape index (κ3) is 4.55. The third-order valence-electron chi connectivity index (χ3n) is 3.52. The summed E-state index contributed by atoms with van der Waals surface area (Å²) in [6, 6.07) is 4.13. The summed E-state index contributed by atoms with van der Waals surface area (Å²) in [5.41, 5.74) is 0.388.